The molecule has 1 heterocycles. The van der Waals surface area contributed by atoms with Gasteiger partial charge in [-0.25, -0.2) is 0 Å². The number of hydrogen-bond donors (Lipinski definition) is 2. The Kier molecular flexibility index (Phi) is 4.57. The molecule has 2 N–H and O–H groups in total. The van der Waals surface area contributed by atoms with E-state index in [-0.39, 0.29) is 5.91 Å². The Balaban J connectivity index is 1.98. The first-order valence-electron chi connectivity index (χ1n) is 6.09. The van der Waals surface area contributed by atoms with Crippen molar-refractivity contribution in [2.75, 3.05) is 10.6 Å². The van der Waals surface area contributed by atoms with Gasteiger partial charge in [0, 0.05) is 10.7 Å². The summed E-state index contributed by atoms with van der Waals surface area (Å²) in [7, 11) is 0. The number of carbonyl (C=O) groups excluding carboxylic acids is 1. The molecule has 1 aromatic heterocycles. The number of halogens is 1. The van der Waals surface area contributed by atoms with Gasteiger partial charge in [-0.15, -0.1) is 10.2 Å². The SMILES string of the molecule is Cc1nnc(NC(=O)[C@@H](C)Nc2ccc(C)c(Cl)c2)s1. The average molecular weight is 311 g/mol. The van der Waals surface area contributed by atoms with Crippen molar-refractivity contribution in [1.29, 1.82) is 0 Å². The first-order valence-corrected chi connectivity index (χ1v) is 7.29. The molecule has 0 bridgehead atoms. The van der Waals surface area contributed by atoms with Crippen molar-refractivity contribution in [2.45, 2.75) is 26.8 Å². The van der Waals surface area contributed by atoms with E-state index in [1.54, 1.807) is 13.0 Å². The number of amides is 1. The normalized spacial score (nSPS) is 12.0. The number of hydrogen-bond acceptors (Lipinski definition) is 5. The van der Waals surface area contributed by atoms with Crippen LogP contribution in [0.5, 0.6) is 0 Å². The molecule has 106 valence electrons. The highest BCUT2D eigenvalue weighted by atomic mass is 35.5. The van der Waals surface area contributed by atoms with E-state index >= 15 is 0 Å². The molecule has 7 heteroatoms. The Bertz CT molecular complexity index is 629. The molecule has 5 nitrogen and oxygen atoms in total. The predicted octanol–water partition coefficient (Wildman–Crippen LogP) is 3.25. The lowest BCUT2D eigenvalue weighted by Gasteiger charge is -2.14. The van der Waals surface area contributed by atoms with Crippen LogP contribution in [-0.2, 0) is 4.79 Å². The maximum Gasteiger partial charge on any atom is 0.248 e. The van der Waals surface area contributed by atoms with Gasteiger partial charge in [-0.2, -0.15) is 0 Å². The Morgan fingerprint density at radius 1 is 1.35 bits per heavy atom. The molecule has 0 saturated carbocycles. The van der Waals surface area contributed by atoms with Gasteiger partial charge in [-0.05, 0) is 38.5 Å². The highest BCUT2D eigenvalue weighted by molar-refractivity contribution is 7.15. The molecule has 0 aliphatic carbocycles. The van der Waals surface area contributed by atoms with Gasteiger partial charge in [0.15, 0.2) is 0 Å². The van der Waals surface area contributed by atoms with Crippen LogP contribution < -0.4 is 10.6 Å². The standard InChI is InChI=1S/C13H15ClN4OS/c1-7-4-5-10(6-11(7)14)15-8(2)12(19)16-13-18-17-9(3)20-13/h4-6,8,15H,1-3H3,(H,16,18,19)/t8-/m1/s1. The molecule has 0 fully saturated rings. The topological polar surface area (TPSA) is 66.9 Å². The summed E-state index contributed by atoms with van der Waals surface area (Å²) < 4.78 is 0. The molecular weight excluding hydrogens is 296 g/mol. The van der Waals surface area contributed by atoms with Crippen molar-refractivity contribution in [3.05, 3.63) is 33.8 Å². The number of carbonyl (C=O) groups is 1. The monoisotopic (exact) mass is 310 g/mol. The zero-order chi connectivity index (χ0) is 14.7. The maximum atomic E-state index is 12.0. The van der Waals surface area contributed by atoms with Crippen LogP contribution in [0.4, 0.5) is 10.8 Å². The van der Waals surface area contributed by atoms with Crippen LogP contribution in [0.2, 0.25) is 5.02 Å². The molecule has 20 heavy (non-hydrogen) atoms. The van der Waals surface area contributed by atoms with Crippen molar-refractivity contribution >= 4 is 39.7 Å². The third kappa shape index (κ3) is 3.68. The second-order valence-electron chi connectivity index (χ2n) is 4.45. The minimum absolute atomic E-state index is 0.169. The van der Waals surface area contributed by atoms with E-state index in [0.29, 0.717) is 10.2 Å². The number of aryl methyl sites for hydroxylation is 2. The minimum atomic E-state index is -0.405. The van der Waals surface area contributed by atoms with Crippen LogP contribution in [0.3, 0.4) is 0 Å². The van der Waals surface area contributed by atoms with Crippen molar-refractivity contribution in [3.63, 3.8) is 0 Å². The van der Waals surface area contributed by atoms with E-state index in [4.69, 9.17) is 11.6 Å². The summed E-state index contributed by atoms with van der Waals surface area (Å²) in [5.41, 5.74) is 1.80. The molecule has 0 aliphatic rings. The second kappa shape index (κ2) is 6.19. The number of aromatic nitrogens is 2. The lowest BCUT2D eigenvalue weighted by molar-refractivity contribution is -0.116. The van der Waals surface area contributed by atoms with Crippen LogP contribution in [0.15, 0.2) is 18.2 Å². The summed E-state index contributed by atoms with van der Waals surface area (Å²) in [6.07, 6.45) is 0. The third-order valence-corrected chi connectivity index (χ3v) is 3.87. The summed E-state index contributed by atoms with van der Waals surface area (Å²) in [6, 6.07) is 5.19. The minimum Gasteiger partial charge on any atom is -0.374 e. The van der Waals surface area contributed by atoms with E-state index in [2.05, 4.69) is 20.8 Å². The fraction of sp³-hybridized carbons (Fsp3) is 0.308. The van der Waals surface area contributed by atoms with Crippen molar-refractivity contribution in [1.82, 2.24) is 10.2 Å². The Hall–Kier alpha value is -1.66. The summed E-state index contributed by atoms with van der Waals surface area (Å²) in [5, 5.41) is 15.5. The van der Waals surface area contributed by atoms with Gasteiger partial charge in [-0.3, -0.25) is 10.1 Å². The van der Waals surface area contributed by atoms with Crippen LogP contribution >= 0.6 is 22.9 Å². The highest BCUT2D eigenvalue weighted by Crippen LogP contribution is 2.21. The van der Waals surface area contributed by atoms with E-state index in [1.165, 1.54) is 11.3 Å². The van der Waals surface area contributed by atoms with Crippen molar-refractivity contribution in [3.8, 4) is 0 Å². The first kappa shape index (κ1) is 14.7. The molecule has 2 rings (SSSR count). The summed E-state index contributed by atoms with van der Waals surface area (Å²) in [6.45, 7) is 5.54. The fourth-order valence-corrected chi connectivity index (χ4v) is 2.33. The first-order chi connectivity index (χ1) is 9.45. The van der Waals surface area contributed by atoms with Gasteiger partial charge >= 0.3 is 0 Å². The molecule has 0 radical (unpaired) electrons. The average Bonchev–Trinajstić information content (AvgIpc) is 2.79. The van der Waals surface area contributed by atoms with E-state index in [9.17, 15) is 4.79 Å². The zero-order valence-corrected chi connectivity index (χ0v) is 13.0. The molecule has 0 spiro atoms. The van der Waals surface area contributed by atoms with Gasteiger partial charge < -0.3 is 5.32 Å². The van der Waals surface area contributed by atoms with Gasteiger partial charge in [0.1, 0.15) is 11.0 Å². The maximum absolute atomic E-state index is 12.0. The second-order valence-corrected chi connectivity index (χ2v) is 6.03. The van der Waals surface area contributed by atoms with Crippen LogP contribution in [0.1, 0.15) is 17.5 Å². The number of nitrogens with zero attached hydrogens (tertiary/aromatic N) is 2. The van der Waals surface area contributed by atoms with Gasteiger partial charge in [0.2, 0.25) is 11.0 Å². The molecule has 0 saturated heterocycles. The molecule has 0 unspecified atom stereocenters. The Morgan fingerprint density at radius 2 is 2.10 bits per heavy atom. The van der Waals surface area contributed by atoms with Crippen molar-refractivity contribution < 1.29 is 4.79 Å². The molecule has 0 aliphatic heterocycles. The van der Waals surface area contributed by atoms with Gasteiger partial charge in [-0.1, -0.05) is 29.0 Å². The summed E-state index contributed by atoms with van der Waals surface area (Å²) >= 11 is 7.39. The Morgan fingerprint density at radius 3 is 2.70 bits per heavy atom. The predicted molar refractivity (Wildman–Crippen MR) is 82.5 cm³/mol. The number of anilines is 2. The third-order valence-electron chi connectivity index (χ3n) is 2.70. The zero-order valence-electron chi connectivity index (χ0n) is 11.4. The van der Waals surface area contributed by atoms with Gasteiger partial charge in [0.05, 0.1) is 0 Å². The quantitative estimate of drug-likeness (QED) is 0.909. The number of nitrogens with one attached hydrogen (secondary N) is 2. The van der Waals surface area contributed by atoms with Crippen molar-refractivity contribution in [2.24, 2.45) is 0 Å². The molecule has 1 aromatic carbocycles. The van der Waals surface area contributed by atoms with Crippen LogP contribution in [0, 0.1) is 13.8 Å². The van der Waals surface area contributed by atoms with Crippen LogP contribution in [0.25, 0.3) is 0 Å². The number of rotatable bonds is 4. The van der Waals surface area contributed by atoms with E-state index in [0.717, 1.165) is 16.3 Å². The fourth-order valence-electron chi connectivity index (χ4n) is 1.56. The number of benzene rings is 1. The largest absolute Gasteiger partial charge is 0.374 e. The highest BCUT2D eigenvalue weighted by Gasteiger charge is 2.14. The van der Waals surface area contributed by atoms with Crippen LogP contribution in [-0.4, -0.2) is 22.1 Å². The molecule has 1 amide bonds. The lowest BCUT2D eigenvalue weighted by Crippen LogP contribution is -2.31. The molecular formula is C13H15ClN4OS. The van der Waals surface area contributed by atoms with E-state index in [1.807, 2.05) is 26.0 Å². The smallest absolute Gasteiger partial charge is 0.248 e. The molecule has 2 aromatic rings. The van der Waals surface area contributed by atoms with Gasteiger partial charge in [0.25, 0.3) is 0 Å². The Labute approximate surface area is 126 Å². The molecule has 1 atom stereocenters. The van der Waals surface area contributed by atoms with E-state index < -0.39 is 6.04 Å². The summed E-state index contributed by atoms with van der Waals surface area (Å²) in [4.78, 5) is 12.0. The lowest BCUT2D eigenvalue weighted by atomic mass is 10.2. The summed E-state index contributed by atoms with van der Waals surface area (Å²) in [5.74, 6) is -0.169.